The lowest BCUT2D eigenvalue weighted by Gasteiger charge is -2.39. The van der Waals surface area contributed by atoms with Crippen LogP contribution in [0.5, 0.6) is 0 Å². The van der Waals surface area contributed by atoms with Crippen LogP contribution in [0.15, 0.2) is 22.7 Å². The van der Waals surface area contributed by atoms with Gasteiger partial charge in [-0.2, -0.15) is 0 Å². The van der Waals surface area contributed by atoms with Gasteiger partial charge in [0.2, 0.25) is 0 Å². The fraction of sp³-hybridized carbons (Fsp3) is 0.611. The molecule has 0 radical (unpaired) electrons. The van der Waals surface area contributed by atoms with E-state index in [1.54, 1.807) is 0 Å². The summed E-state index contributed by atoms with van der Waals surface area (Å²) in [6.07, 6.45) is 3.67. The largest absolute Gasteiger partial charge is 0.349 e. The van der Waals surface area contributed by atoms with E-state index in [9.17, 15) is 4.79 Å². The van der Waals surface area contributed by atoms with Gasteiger partial charge in [0.1, 0.15) is 0 Å². The predicted molar refractivity (Wildman–Crippen MR) is 89.4 cm³/mol. The van der Waals surface area contributed by atoms with Crippen LogP contribution in [0.3, 0.4) is 0 Å². The molecule has 0 saturated heterocycles. The van der Waals surface area contributed by atoms with E-state index in [4.69, 9.17) is 0 Å². The first-order valence-electron chi connectivity index (χ1n) is 7.83. The fourth-order valence-electron chi connectivity index (χ4n) is 4.51. The quantitative estimate of drug-likeness (QED) is 0.823. The summed E-state index contributed by atoms with van der Waals surface area (Å²) >= 11 is 3.51. The molecule has 2 aliphatic carbocycles. The standard InChI is InChI=1S/C18H24BrNO/c1-11-13(6-5-7-14(11)19)16(21)20-15-10-12-8-9-18(15,4)17(12,2)3/h5-7,12,15H,8-10H2,1-4H3,(H,20,21). The highest BCUT2D eigenvalue weighted by atomic mass is 79.9. The van der Waals surface area contributed by atoms with Crippen LogP contribution in [0.4, 0.5) is 0 Å². The van der Waals surface area contributed by atoms with E-state index < -0.39 is 0 Å². The van der Waals surface area contributed by atoms with E-state index >= 15 is 0 Å². The third-order valence-corrected chi connectivity index (χ3v) is 7.47. The lowest BCUT2D eigenvalue weighted by molar-refractivity contribution is 0.0825. The van der Waals surface area contributed by atoms with Crippen molar-refractivity contribution in [2.45, 2.75) is 53.0 Å². The van der Waals surface area contributed by atoms with Crippen LogP contribution in [-0.2, 0) is 0 Å². The molecule has 0 aliphatic heterocycles. The first-order valence-corrected chi connectivity index (χ1v) is 8.62. The van der Waals surface area contributed by atoms with Gasteiger partial charge in [0.25, 0.3) is 5.91 Å². The first kappa shape index (κ1) is 15.1. The summed E-state index contributed by atoms with van der Waals surface area (Å²) in [6.45, 7) is 9.10. The van der Waals surface area contributed by atoms with Crippen molar-refractivity contribution < 1.29 is 4.79 Å². The molecule has 3 rings (SSSR count). The van der Waals surface area contributed by atoms with Crippen molar-refractivity contribution in [3.8, 4) is 0 Å². The number of amides is 1. The van der Waals surface area contributed by atoms with Gasteiger partial charge >= 0.3 is 0 Å². The van der Waals surface area contributed by atoms with Crippen molar-refractivity contribution in [2.24, 2.45) is 16.7 Å². The zero-order chi connectivity index (χ0) is 15.4. The number of carbonyl (C=O) groups excluding carboxylic acids is 1. The van der Waals surface area contributed by atoms with Gasteiger partial charge in [-0.1, -0.05) is 42.8 Å². The van der Waals surface area contributed by atoms with E-state index in [1.165, 1.54) is 12.8 Å². The summed E-state index contributed by atoms with van der Waals surface area (Å²) in [5, 5.41) is 3.33. The third-order valence-electron chi connectivity index (χ3n) is 6.61. The highest BCUT2D eigenvalue weighted by Crippen LogP contribution is 2.65. The van der Waals surface area contributed by atoms with Gasteiger partial charge in [-0.3, -0.25) is 4.79 Å². The molecule has 1 amide bonds. The van der Waals surface area contributed by atoms with Crippen molar-refractivity contribution in [3.63, 3.8) is 0 Å². The Labute approximate surface area is 135 Å². The Hall–Kier alpha value is -0.830. The fourth-order valence-corrected chi connectivity index (χ4v) is 4.88. The Morgan fingerprint density at radius 3 is 2.62 bits per heavy atom. The average Bonchev–Trinajstić information content (AvgIpc) is 2.75. The van der Waals surface area contributed by atoms with Gasteiger partial charge in [0.05, 0.1) is 0 Å². The molecule has 3 atom stereocenters. The zero-order valence-corrected chi connectivity index (χ0v) is 14.9. The van der Waals surface area contributed by atoms with E-state index in [2.05, 4.69) is 42.0 Å². The highest BCUT2D eigenvalue weighted by molar-refractivity contribution is 9.10. The van der Waals surface area contributed by atoms with Gasteiger partial charge in [-0.25, -0.2) is 0 Å². The van der Waals surface area contributed by atoms with Crippen LogP contribution >= 0.6 is 15.9 Å². The highest BCUT2D eigenvalue weighted by Gasteiger charge is 2.61. The maximum absolute atomic E-state index is 12.7. The Bertz CT molecular complexity index is 595. The van der Waals surface area contributed by atoms with Gasteiger partial charge in [-0.05, 0) is 60.6 Å². The van der Waals surface area contributed by atoms with E-state index in [0.29, 0.717) is 11.5 Å². The molecule has 2 nitrogen and oxygen atoms in total. The minimum atomic E-state index is 0.0726. The number of halogens is 1. The van der Waals surface area contributed by atoms with Crippen LogP contribution in [0.25, 0.3) is 0 Å². The molecule has 2 saturated carbocycles. The molecule has 1 aromatic rings. The normalized spacial score (nSPS) is 33.2. The Morgan fingerprint density at radius 2 is 2.05 bits per heavy atom. The molecule has 3 unspecified atom stereocenters. The number of hydrogen-bond donors (Lipinski definition) is 1. The number of nitrogens with one attached hydrogen (secondary N) is 1. The van der Waals surface area contributed by atoms with Crippen LogP contribution in [-0.4, -0.2) is 11.9 Å². The van der Waals surface area contributed by atoms with Crippen LogP contribution in [0.1, 0.15) is 56.0 Å². The molecule has 21 heavy (non-hydrogen) atoms. The second-order valence-electron chi connectivity index (χ2n) is 7.55. The molecule has 0 aromatic heterocycles. The van der Waals surface area contributed by atoms with Crippen LogP contribution in [0.2, 0.25) is 0 Å². The maximum Gasteiger partial charge on any atom is 0.251 e. The molecule has 0 spiro atoms. The number of rotatable bonds is 2. The molecular weight excluding hydrogens is 326 g/mol. The Kier molecular flexibility index (Phi) is 3.47. The average molecular weight is 350 g/mol. The summed E-state index contributed by atoms with van der Waals surface area (Å²) in [4.78, 5) is 12.7. The monoisotopic (exact) mass is 349 g/mol. The molecule has 3 heteroatoms. The van der Waals surface area contributed by atoms with Crippen molar-refractivity contribution >= 4 is 21.8 Å². The summed E-state index contributed by atoms with van der Waals surface area (Å²) < 4.78 is 0.995. The molecule has 2 fully saturated rings. The lowest BCUT2D eigenvalue weighted by Crippen LogP contribution is -2.47. The van der Waals surface area contributed by atoms with Gasteiger partial charge in [0, 0.05) is 16.1 Å². The number of carbonyl (C=O) groups is 1. The first-order chi connectivity index (χ1) is 9.77. The molecular formula is C18H24BrNO. The number of hydrogen-bond acceptors (Lipinski definition) is 1. The third kappa shape index (κ3) is 2.08. The lowest BCUT2D eigenvalue weighted by atomic mass is 9.69. The van der Waals surface area contributed by atoms with E-state index in [1.807, 2.05) is 25.1 Å². The van der Waals surface area contributed by atoms with Crippen LogP contribution < -0.4 is 5.32 Å². The molecule has 0 heterocycles. The predicted octanol–water partition coefficient (Wildman–Crippen LogP) is 4.70. The second-order valence-corrected chi connectivity index (χ2v) is 8.40. The zero-order valence-electron chi connectivity index (χ0n) is 13.3. The second kappa shape index (κ2) is 4.84. The van der Waals surface area contributed by atoms with E-state index in [-0.39, 0.29) is 11.3 Å². The van der Waals surface area contributed by atoms with E-state index in [0.717, 1.165) is 27.9 Å². The smallest absolute Gasteiger partial charge is 0.251 e. The molecule has 114 valence electrons. The van der Waals surface area contributed by atoms with Crippen LogP contribution in [0, 0.1) is 23.7 Å². The summed E-state index contributed by atoms with van der Waals surface area (Å²) in [5.41, 5.74) is 2.36. The minimum Gasteiger partial charge on any atom is -0.349 e. The van der Waals surface area contributed by atoms with Gasteiger partial charge < -0.3 is 5.32 Å². The van der Waals surface area contributed by atoms with Crippen molar-refractivity contribution in [1.29, 1.82) is 0 Å². The van der Waals surface area contributed by atoms with Crippen molar-refractivity contribution in [2.75, 3.05) is 0 Å². The van der Waals surface area contributed by atoms with Crippen molar-refractivity contribution in [1.82, 2.24) is 5.32 Å². The minimum absolute atomic E-state index is 0.0726. The molecule has 2 bridgehead atoms. The molecule has 2 aliphatic rings. The summed E-state index contributed by atoms with van der Waals surface area (Å²) in [7, 11) is 0. The van der Waals surface area contributed by atoms with Gasteiger partial charge in [-0.15, -0.1) is 0 Å². The van der Waals surface area contributed by atoms with Crippen molar-refractivity contribution in [3.05, 3.63) is 33.8 Å². The Morgan fingerprint density at radius 1 is 1.33 bits per heavy atom. The SMILES string of the molecule is Cc1c(Br)cccc1C(=O)NC1CC2CCC1(C)C2(C)C. The summed E-state index contributed by atoms with van der Waals surface area (Å²) in [5.74, 6) is 0.819. The summed E-state index contributed by atoms with van der Waals surface area (Å²) in [6, 6.07) is 6.12. The maximum atomic E-state index is 12.7. The topological polar surface area (TPSA) is 29.1 Å². The molecule has 1 N–H and O–H groups in total. The van der Waals surface area contributed by atoms with Gasteiger partial charge in [0.15, 0.2) is 0 Å². The number of benzene rings is 1. The molecule has 1 aromatic carbocycles. The Balaban J connectivity index is 1.82. The number of fused-ring (bicyclic) bond motifs is 2.